The minimum Gasteiger partial charge on any atom is -0.338 e. The fourth-order valence-corrected chi connectivity index (χ4v) is 4.44. The summed E-state index contributed by atoms with van der Waals surface area (Å²) in [7, 11) is 0. The molecule has 1 aliphatic heterocycles. The second kappa shape index (κ2) is 8.93. The third-order valence-corrected chi connectivity index (χ3v) is 6.43. The second-order valence-corrected chi connectivity index (χ2v) is 8.81. The summed E-state index contributed by atoms with van der Waals surface area (Å²) in [6.07, 6.45) is 1.82. The molecule has 0 spiro atoms. The monoisotopic (exact) mass is 440 g/mol. The molecule has 30 heavy (non-hydrogen) atoms. The quantitative estimate of drug-likeness (QED) is 0.633. The molecule has 1 unspecified atom stereocenters. The molecule has 1 aromatic heterocycles. The lowest BCUT2D eigenvalue weighted by atomic mass is 9.98. The Hall–Kier alpha value is -2.77. The summed E-state index contributed by atoms with van der Waals surface area (Å²) in [6.45, 7) is 3.31. The number of nitrogens with one attached hydrogen (secondary N) is 1. The molecule has 2 heterocycles. The van der Waals surface area contributed by atoms with Gasteiger partial charge in [0, 0.05) is 35.3 Å². The van der Waals surface area contributed by atoms with Crippen LogP contribution in [0.5, 0.6) is 0 Å². The summed E-state index contributed by atoms with van der Waals surface area (Å²) in [4.78, 5) is 27.2. The zero-order chi connectivity index (χ0) is 21.1. The minimum absolute atomic E-state index is 0.0323. The molecule has 0 radical (unpaired) electrons. The molecule has 4 rings (SSSR count). The maximum absolute atomic E-state index is 12.8. The van der Waals surface area contributed by atoms with Crippen LogP contribution >= 0.6 is 22.9 Å². The SMILES string of the molecule is Cc1ccc(C(=O)N2CCCC(c3nnc(C(=O)Nc4ccc(Cl)cc4)s3)C2)cc1. The molecule has 8 heteroatoms. The lowest BCUT2D eigenvalue weighted by molar-refractivity contribution is 0.0706. The number of hydrogen-bond acceptors (Lipinski definition) is 5. The lowest BCUT2D eigenvalue weighted by Gasteiger charge is -2.31. The van der Waals surface area contributed by atoms with E-state index in [0.29, 0.717) is 27.8 Å². The first-order chi connectivity index (χ1) is 14.5. The molecule has 1 N–H and O–H groups in total. The predicted molar refractivity (Wildman–Crippen MR) is 118 cm³/mol. The second-order valence-electron chi connectivity index (χ2n) is 7.36. The zero-order valence-electron chi connectivity index (χ0n) is 16.5. The summed E-state index contributed by atoms with van der Waals surface area (Å²) in [5.74, 6) is -0.183. The van der Waals surface area contributed by atoms with Crippen LogP contribution in [0.4, 0.5) is 5.69 Å². The Morgan fingerprint density at radius 2 is 1.83 bits per heavy atom. The average molecular weight is 441 g/mol. The number of rotatable bonds is 4. The Kier molecular flexibility index (Phi) is 6.11. The van der Waals surface area contributed by atoms with Crippen molar-refractivity contribution in [1.82, 2.24) is 15.1 Å². The van der Waals surface area contributed by atoms with Gasteiger partial charge >= 0.3 is 0 Å². The van der Waals surface area contributed by atoms with E-state index in [-0.39, 0.29) is 17.7 Å². The first-order valence-corrected chi connectivity index (χ1v) is 11.0. The largest absolute Gasteiger partial charge is 0.338 e. The van der Waals surface area contributed by atoms with Gasteiger partial charge in [-0.1, -0.05) is 40.6 Å². The van der Waals surface area contributed by atoms with Gasteiger partial charge in [0.15, 0.2) is 0 Å². The fraction of sp³-hybridized carbons (Fsp3) is 0.273. The number of amides is 2. The molecular formula is C22H21ClN4O2S. The third kappa shape index (κ3) is 4.68. The van der Waals surface area contributed by atoms with Gasteiger partial charge in [0.2, 0.25) is 5.01 Å². The standard InChI is InChI=1S/C22H21ClN4O2S/c1-14-4-6-15(7-5-14)22(29)27-12-2-3-16(13-27)20-25-26-21(30-20)19(28)24-18-10-8-17(23)9-11-18/h4-11,16H,2-3,12-13H2,1H3,(H,24,28). The van der Waals surface area contributed by atoms with E-state index in [2.05, 4.69) is 15.5 Å². The molecule has 0 saturated carbocycles. The number of piperidine rings is 1. The number of nitrogens with zero attached hydrogens (tertiary/aromatic N) is 3. The van der Waals surface area contributed by atoms with Crippen molar-refractivity contribution in [3.63, 3.8) is 0 Å². The van der Waals surface area contributed by atoms with Crippen molar-refractivity contribution in [2.24, 2.45) is 0 Å². The number of carbonyl (C=O) groups is 2. The summed E-state index contributed by atoms with van der Waals surface area (Å²) in [5.41, 5.74) is 2.47. The van der Waals surface area contributed by atoms with Gasteiger partial charge in [-0.2, -0.15) is 0 Å². The fourth-order valence-electron chi connectivity index (χ4n) is 3.45. The average Bonchev–Trinajstić information content (AvgIpc) is 3.26. The number of aromatic nitrogens is 2. The van der Waals surface area contributed by atoms with Crippen LogP contribution in [-0.2, 0) is 0 Å². The van der Waals surface area contributed by atoms with Gasteiger partial charge in [-0.15, -0.1) is 10.2 Å². The normalized spacial score (nSPS) is 16.3. The highest BCUT2D eigenvalue weighted by molar-refractivity contribution is 7.13. The van der Waals surface area contributed by atoms with Gasteiger partial charge in [0.05, 0.1) is 0 Å². The van der Waals surface area contributed by atoms with Crippen molar-refractivity contribution >= 4 is 40.4 Å². The minimum atomic E-state index is -0.301. The predicted octanol–water partition coefficient (Wildman–Crippen LogP) is 4.77. The summed E-state index contributed by atoms with van der Waals surface area (Å²) in [6, 6.07) is 14.5. The smallest absolute Gasteiger partial charge is 0.286 e. The summed E-state index contributed by atoms with van der Waals surface area (Å²) >= 11 is 7.16. The van der Waals surface area contributed by atoms with E-state index >= 15 is 0 Å². The number of halogens is 1. The summed E-state index contributed by atoms with van der Waals surface area (Å²) in [5, 5.41) is 12.8. The van der Waals surface area contributed by atoms with Crippen LogP contribution < -0.4 is 5.32 Å². The van der Waals surface area contributed by atoms with Crippen molar-refractivity contribution in [1.29, 1.82) is 0 Å². The Morgan fingerprint density at radius 3 is 2.57 bits per heavy atom. The molecular weight excluding hydrogens is 420 g/mol. The van der Waals surface area contributed by atoms with Crippen LogP contribution in [0.15, 0.2) is 48.5 Å². The van der Waals surface area contributed by atoms with Crippen LogP contribution in [0.1, 0.15) is 49.5 Å². The first-order valence-electron chi connectivity index (χ1n) is 9.76. The van der Waals surface area contributed by atoms with Crippen molar-refractivity contribution in [2.75, 3.05) is 18.4 Å². The number of hydrogen-bond donors (Lipinski definition) is 1. The van der Waals surface area contributed by atoms with Crippen molar-refractivity contribution in [2.45, 2.75) is 25.7 Å². The molecule has 3 aromatic rings. The topological polar surface area (TPSA) is 75.2 Å². The van der Waals surface area contributed by atoms with Crippen LogP contribution in [0.3, 0.4) is 0 Å². The molecule has 1 fully saturated rings. The van der Waals surface area contributed by atoms with Crippen LogP contribution in [0, 0.1) is 6.92 Å². The Balaban J connectivity index is 1.42. The maximum Gasteiger partial charge on any atom is 0.286 e. The Labute approximate surface area is 183 Å². The number of aryl methyl sites for hydroxylation is 1. The third-order valence-electron chi connectivity index (χ3n) is 5.09. The van der Waals surface area contributed by atoms with Gasteiger partial charge in [0.25, 0.3) is 11.8 Å². The van der Waals surface area contributed by atoms with Gasteiger partial charge in [-0.3, -0.25) is 9.59 Å². The number of benzene rings is 2. The molecule has 0 bridgehead atoms. The lowest BCUT2D eigenvalue weighted by Crippen LogP contribution is -2.39. The van der Waals surface area contributed by atoms with Crippen LogP contribution in [0.2, 0.25) is 5.02 Å². The van der Waals surface area contributed by atoms with E-state index in [1.807, 2.05) is 36.1 Å². The van der Waals surface area contributed by atoms with E-state index in [4.69, 9.17) is 11.6 Å². The van der Waals surface area contributed by atoms with Gasteiger partial charge < -0.3 is 10.2 Å². The van der Waals surface area contributed by atoms with Gasteiger partial charge in [-0.25, -0.2) is 0 Å². The first kappa shape index (κ1) is 20.5. The van der Waals surface area contributed by atoms with Gasteiger partial charge in [0.1, 0.15) is 5.01 Å². The van der Waals surface area contributed by atoms with Gasteiger partial charge in [-0.05, 0) is 56.2 Å². The van der Waals surface area contributed by atoms with E-state index < -0.39 is 0 Å². The summed E-state index contributed by atoms with van der Waals surface area (Å²) < 4.78 is 0. The van der Waals surface area contributed by atoms with E-state index in [1.165, 1.54) is 11.3 Å². The van der Waals surface area contributed by atoms with Crippen molar-refractivity contribution in [3.8, 4) is 0 Å². The number of likely N-dealkylation sites (tertiary alicyclic amines) is 1. The molecule has 1 atom stereocenters. The maximum atomic E-state index is 12.8. The molecule has 0 aliphatic carbocycles. The molecule has 154 valence electrons. The molecule has 2 aromatic carbocycles. The Morgan fingerprint density at radius 1 is 1.10 bits per heavy atom. The molecule has 6 nitrogen and oxygen atoms in total. The highest BCUT2D eigenvalue weighted by Crippen LogP contribution is 2.30. The molecule has 2 amide bonds. The number of carbonyl (C=O) groups excluding carboxylic acids is 2. The van der Waals surface area contributed by atoms with E-state index in [9.17, 15) is 9.59 Å². The molecule has 1 saturated heterocycles. The van der Waals surface area contributed by atoms with Crippen LogP contribution in [0.25, 0.3) is 0 Å². The highest BCUT2D eigenvalue weighted by Gasteiger charge is 2.28. The van der Waals surface area contributed by atoms with E-state index in [0.717, 1.165) is 30.0 Å². The Bertz CT molecular complexity index is 1050. The molecule has 1 aliphatic rings. The highest BCUT2D eigenvalue weighted by atomic mass is 35.5. The zero-order valence-corrected chi connectivity index (χ0v) is 18.0. The van der Waals surface area contributed by atoms with Crippen LogP contribution in [-0.4, -0.2) is 40.0 Å². The van der Waals surface area contributed by atoms with Crippen molar-refractivity contribution < 1.29 is 9.59 Å². The van der Waals surface area contributed by atoms with Crippen molar-refractivity contribution in [3.05, 3.63) is 74.7 Å². The van der Waals surface area contributed by atoms with E-state index in [1.54, 1.807) is 24.3 Å². The number of anilines is 1.